The second kappa shape index (κ2) is 6.22. The first kappa shape index (κ1) is 19.1. The summed E-state index contributed by atoms with van der Waals surface area (Å²) in [5.41, 5.74) is 2.56. The fraction of sp³-hybridized carbons (Fsp3) is 0.852. The van der Waals surface area contributed by atoms with Crippen molar-refractivity contribution in [3.63, 3.8) is 0 Å². The molecule has 2 heterocycles. The average Bonchev–Trinajstić information content (AvgIpc) is 3.15. The number of rotatable bonds is 0. The van der Waals surface area contributed by atoms with Crippen LogP contribution in [0.25, 0.3) is 0 Å². The number of nitrogens with one attached hydrogen (secondary N) is 1. The Balaban J connectivity index is 1.30. The summed E-state index contributed by atoms with van der Waals surface area (Å²) < 4.78 is 7.01. The Bertz CT molecular complexity index is 746. The Morgan fingerprint density at radius 3 is 2.72 bits per heavy atom. The normalized spacial score (nSPS) is 58.3. The van der Waals surface area contributed by atoms with Crippen LogP contribution in [0.15, 0.2) is 23.8 Å². The third kappa shape index (κ3) is 2.42. The van der Waals surface area contributed by atoms with Crippen molar-refractivity contribution >= 4 is 0 Å². The van der Waals surface area contributed by atoms with E-state index in [-0.39, 0.29) is 5.72 Å². The highest BCUT2D eigenvalue weighted by molar-refractivity contribution is 5.34. The number of piperidine rings is 1. The summed E-state index contributed by atoms with van der Waals surface area (Å²) >= 11 is 0. The van der Waals surface area contributed by atoms with Gasteiger partial charge in [-0.2, -0.15) is 0 Å². The molecule has 0 bridgehead atoms. The zero-order valence-corrected chi connectivity index (χ0v) is 19.0. The highest BCUT2D eigenvalue weighted by Crippen LogP contribution is 2.69. The minimum absolute atomic E-state index is 0.0214. The van der Waals surface area contributed by atoms with E-state index in [1.54, 1.807) is 5.57 Å². The van der Waals surface area contributed by atoms with Crippen LogP contribution in [-0.2, 0) is 4.74 Å². The molecule has 1 N–H and O–H groups in total. The number of ether oxygens (including phenoxy) is 1. The molecule has 6 aliphatic rings. The molecule has 2 aliphatic heterocycles. The first-order valence-electron chi connectivity index (χ1n) is 12.7. The molecule has 6 rings (SSSR count). The Labute approximate surface area is 177 Å². The molecule has 0 aromatic rings. The van der Waals surface area contributed by atoms with Crippen LogP contribution in [0.3, 0.4) is 0 Å². The summed E-state index contributed by atoms with van der Waals surface area (Å²) in [5, 5.41) is 3.90. The molecular formula is C27H41NO. The Morgan fingerprint density at radius 2 is 1.93 bits per heavy atom. The van der Waals surface area contributed by atoms with Crippen molar-refractivity contribution < 1.29 is 4.74 Å². The zero-order valence-electron chi connectivity index (χ0n) is 19.0. The lowest BCUT2D eigenvalue weighted by Gasteiger charge is -2.57. The molecule has 0 unspecified atom stereocenters. The van der Waals surface area contributed by atoms with E-state index in [1.165, 1.54) is 51.4 Å². The molecule has 0 amide bonds. The summed E-state index contributed by atoms with van der Waals surface area (Å²) in [5.74, 6) is 4.82. The van der Waals surface area contributed by atoms with Gasteiger partial charge in [0.05, 0.1) is 6.10 Å². The minimum atomic E-state index is -0.0214. The molecule has 0 aromatic heterocycles. The van der Waals surface area contributed by atoms with E-state index in [4.69, 9.17) is 4.74 Å². The van der Waals surface area contributed by atoms with Crippen LogP contribution in [0.4, 0.5) is 0 Å². The Kier molecular flexibility index (Phi) is 4.10. The van der Waals surface area contributed by atoms with E-state index in [2.05, 4.69) is 51.2 Å². The van der Waals surface area contributed by atoms with E-state index < -0.39 is 0 Å². The Morgan fingerprint density at radius 1 is 1.07 bits per heavy atom. The molecule has 2 saturated heterocycles. The van der Waals surface area contributed by atoms with Crippen molar-refractivity contribution in [2.24, 2.45) is 46.3 Å². The van der Waals surface area contributed by atoms with Gasteiger partial charge >= 0.3 is 0 Å². The van der Waals surface area contributed by atoms with E-state index in [9.17, 15) is 0 Å². The number of hydrogen-bond donors (Lipinski definition) is 1. The van der Waals surface area contributed by atoms with Gasteiger partial charge in [0.1, 0.15) is 5.72 Å². The molecule has 4 aliphatic carbocycles. The SMILES string of the molecule is C[C@H]1CC[C@]2(NC1)O[C@H]1C[C@@H]3[C@@H]4CC=C5C=CCC[C@]5(C)[C@@H]4CC[C@]3(C)[C@H]1[C@H]2C. The lowest BCUT2D eigenvalue weighted by atomic mass is 9.47. The Hall–Kier alpha value is -0.600. The minimum Gasteiger partial charge on any atom is -0.357 e. The first-order valence-corrected chi connectivity index (χ1v) is 12.7. The molecule has 29 heavy (non-hydrogen) atoms. The third-order valence-electron chi connectivity index (χ3n) is 11.1. The van der Waals surface area contributed by atoms with E-state index in [0.29, 0.717) is 22.9 Å². The number of fused-ring (bicyclic) bond motifs is 7. The van der Waals surface area contributed by atoms with Crippen LogP contribution in [0, 0.1) is 46.3 Å². The smallest absolute Gasteiger partial charge is 0.122 e. The number of hydrogen-bond acceptors (Lipinski definition) is 2. The maximum atomic E-state index is 7.01. The van der Waals surface area contributed by atoms with Crippen LogP contribution in [-0.4, -0.2) is 18.4 Å². The second-order valence-corrected chi connectivity index (χ2v) is 12.3. The molecule has 2 heteroatoms. The summed E-state index contributed by atoms with van der Waals surface area (Å²) in [7, 11) is 0. The molecule has 0 radical (unpaired) electrons. The van der Waals surface area contributed by atoms with Gasteiger partial charge in [-0.05, 0) is 97.4 Å². The van der Waals surface area contributed by atoms with Crippen molar-refractivity contribution in [1.29, 1.82) is 0 Å². The molecule has 2 nitrogen and oxygen atoms in total. The molecule has 1 spiro atoms. The van der Waals surface area contributed by atoms with Crippen LogP contribution in [0.1, 0.15) is 79.1 Å². The zero-order chi connectivity index (χ0) is 20.0. The van der Waals surface area contributed by atoms with Gasteiger partial charge in [0.25, 0.3) is 0 Å². The standard InChI is InChI=1S/C27H41NO/c1-17-10-14-27(28-16-17)18(2)24-23(29-27)15-22-20-9-8-19-7-5-6-12-25(19,3)21(20)11-13-26(22,24)4/h5,7-8,17-18,20-24,28H,6,9-16H2,1-4H3/t17-,18+,20+,21+,22+,23-,24-,25-,26-,27-/m0/s1. The van der Waals surface area contributed by atoms with Crippen molar-refractivity contribution in [2.45, 2.75) is 90.9 Å². The molecule has 4 fully saturated rings. The molecule has 0 aromatic carbocycles. The molecule has 10 atom stereocenters. The van der Waals surface area contributed by atoms with Gasteiger partial charge in [-0.3, -0.25) is 5.32 Å². The van der Waals surface area contributed by atoms with Crippen LogP contribution in [0.2, 0.25) is 0 Å². The quantitative estimate of drug-likeness (QED) is 0.536. The summed E-state index contributed by atoms with van der Waals surface area (Å²) in [6.07, 6.45) is 18.7. The van der Waals surface area contributed by atoms with Gasteiger partial charge in [0.15, 0.2) is 0 Å². The summed E-state index contributed by atoms with van der Waals surface area (Å²) in [6.45, 7) is 11.3. The summed E-state index contributed by atoms with van der Waals surface area (Å²) in [4.78, 5) is 0. The summed E-state index contributed by atoms with van der Waals surface area (Å²) in [6, 6.07) is 0. The van der Waals surface area contributed by atoms with Gasteiger partial charge in [-0.25, -0.2) is 0 Å². The topological polar surface area (TPSA) is 21.3 Å². The highest BCUT2D eigenvalue weighted by atomic mass is 16.5. The number of allylic oxidation sites excluding steroid dienone is 4. The van der Waals surface area contributed by atoms with Crippen LogP contribution >= 0.6 is 0 Å². The van der Waals surface area contributed by atoms with Crippen molar-refractivity contribution in [3.8, 4) is 0 Å². The monoisotopic (exact) mass is 395 g/mol. The molecule has 2 saturated carbocycles. The predicted octanol–water partition coefficient (Wildman–Crippen LogP) is 6.09. The average molecular weight is 396 g/mol. The lowest BCUT2D eigenvalue weighted by molar-refractivity contribution is -0.114. The van der Waals surface area contributed by atoms with Gasteiger partial charge in [-0.15, -0.1) is 0 Å². The van der Waals surface area contributed by atoms with E-state index >= 15 is 0 Å². The lowest BCUT2D eigenvalue weighted by Crippen LogP contribution is -2.56. The third-order valence-corrected chi connectivity index (χ3v) is 11.1. The van der Waals surface area contributed by atoms with Crippen LogP contribution in [0.5, 0.6) is 0 Å². The van der Waals surface area contributed by atoms with Gasteiger partial charge in [-0.1, -0.05) is 45.9 Å². The van der Waals surface area contributed by atoms with Crippen molar-refractivity contribution in [2.75, 3.05) is 6.54 Å². The van der Waals surface area contributed by atoms with Crippen molar-refractivity contribution in [3.05, 3.63) is 23.8 Å². The maximum Gasteiger partial charge on any atom is 0.122 e. The highest BCUT2D eigenvalue weighted by Gasteiger charge is 2.67. The van der Waals surface area contributed by atoms with E-state index in [0.717, 1.165) is 36.1 Å². The molecule has 160 valence electrons. The van der Waals surface area contributed by atoms with Gasteiger partial charge in [0, 0.05) is 12.5 Å². The van der Waals surface area contributed by atoms with E-state index in [1.807, 2.05) is 0 Å². The molecular weight excluding hydrogens is 354 g/mol. The van der Waals surface area contributed by atoms with Crippen molar-refractivity contribution in [1.82, 2.24) is 5.32 Å². The fourth-order valence-electron chi connectivity index (χ4n) is 9.50. The van der Waals surface area contributed by atoms with Gasteiger partial charge in [0.2, 0.25) is 0 Å². The van der Waals surface area contributed by atoms with Crippen LogP contribution < -0.4 is 5.32 Å². The largest absolute Gasteiger partial charge is 0.357 e. The second-order valence-electron chi connectivity index (χ2n) is 12.3. The fourth-order valence-corrected chi connectivity index (χ4v) is 9.50. The maximum absolute atomic E-state index is 7.01. The predicted molar refractivity (Wildman–Crippen MR) is 118 cm³/mol. The van der Waals surface area contributed by atoms with Gasteiger partial charge < -0.3 is 4.74 Å². The first-order chi connectivity index (χ1) is 13.9.